The number of carboxylic acid groups (broad SMARTS) is 1. The molecule has 0 aliphatic heterocycles. The van der Waals surface area contributed by atoms with E-state index in [2.05, 4.69) is 47.8 Å². The molecule has 0 amide bonds. The van der Waals surface area contributed by atoms with Crippen LogP contribution in [-0.4, -0.2) is 34.4 Å². The molecule has 2 fully saturated rings. The van der Waals surface area contributed by atoms with Gasteiger partial charge < -0.3 is 14.9 Å². The molecule has 4 aliphatic carbocycles. The zero-order chi connectivity index (χ0) is 28.4. The number of hydrogen-bond donors (Lipinski definition) is 2. The van der Waals surface area contributed by atoms with Gasteiger partial charge in [0.25, 0.3) is 0 Å². The largest absolute Gasteiger partial charge is 0.481 e. The molecule has 0 aromatic carbocycles. The lowest BCUT2D eigenvalue weighted by molar-refractivity contribution is -0.167. The lowest BCUT2D eigenvalue weighted by atomic mass is 9.43. The second-order valence-electron chi connectivity index (χ2n) is 14.3. The second kappa shape index (κ2) is 9.64. The first-order valence-corrected chi connectivity index (χ1v) is 14.7. The van der Waals surface area contributed by atoms with E-state index < -0.39 is 18.0 Å². The Balaban J connectivity index is 1.70. The van der Waals surface area contributed by atoms with Gasteiger partial charge >= 0.3 is 11.9 Å². The number of allylic oxidation sites excluding steroid dienone is 4. The number of carboxylic acids is 1. The zero-order valence-corrected chi connectivity index (χ0v) is 24.8. The van der Waals surface area contributed by atoms with E-state index in [4.69, 9.17) is 4.74 Å². The van der Waals surface area contributed by atoms with Crippen LogP contribution in [-0.2, 0) is 14.3 Å². The molecule has 212 valence electrons. The van der Waals surface area contributed by atoms with Crippen molar-refractivity contribution in [3.05, 3.63) is 35.5 Å². The van der Waals surface area contributed by atoms with E-state index in [1.165, 1.54) is 12.5 Å². The van der Waals surface area contributed by atoms with Crippen LogP contribution in [0.3, 0.4) is 0 Å². The molecule has 8 atom stereocenters. The molecule has 4 rings (SSSR count). The number of ether oxygens (including phenoxy) is 1. The maximum absolute atomic E-state index is 12.6. The Bertz CT molecular complexity index is 1070. The summed E-state index contributed by atoms with van der Waals surface area (Å²) in [6, 6.07) is 0. The van der Waals surface area contributed by atoms with Crippen molar-refractivity contribution < 1.29 is 24.5 Å². The average Bonchev–Trinajstić information content (AvgIpc) is 3.01. The van der Waals surface area contributed by atoms with E-state index in [0.717, 1.165) is 49.7 Å². The van der Waals surface area contributed by atoms with Gasteiger partial charge in [0, 0.05) is 18.3 Å². The number of aliphatic hydroxyl groups is 1. The molecule has 5 nitrogen and oxygen atoms in total. The number of rotatable bonds is 7. The predicted octanol–water partition coefficient (Wildman–Crippen LogP) is 7.25. The van der Waals surface area contributed by atoms with Gasteiger partial charge in [-0.3, -0.25) is 9.59 Å². The lowest BCUT2D eigenvalue weighted by Gasteiger charge is -2.62. The zero-order valence-electron chi connectivity index (χ0n) is 24.8. The Morgan fingerprint density at radius 2 is 1.68 bits per heavy atom. The van der Waals surface area contributed by atoms with Crippen LogP contribution < -0.4 is 0 Å². The van der Waals surface area contributed by atoms with Gasteiger partial charge in [0.15, 0.2) is 0 Å². The topological polar surface area (TPSA) is 83.8 Å². The van der Waals surface area contributed by atoms with Gasteiger partial charge in [-0.2, -0.15) is 0 Å². The Kier molecular flexibility index (Phi) is 7.39. The van der Waals surface area contributed by atoms with Gasteiger partial charge in [-0.15, -0.1) is 0 Å². The molecule has 0 heterocycles. The van der Waals surface area contributed by atoms with Crippen molar-refractivity contribution in [1.29, 1.82) is 0 Å². The van der Waals surface area contributed by atoms with Crippen molar-refractivity contribution in [3.8, 4) is 0 Å². The summed E-state index contributed by atoms with van der Waals surface area (Å²) in [5.74, 6) is -1.50. The summed E-state index contributed by atoms with van der Waals surface area (Å²) >= 11 is 0. The van der Waals surface area contributed by atoms with Crippen LogP contribution in [0.25, 0.3) is 0 Å². The van der Waals surface area contributed by atoms with Gasteiger partial charge in [0.2, 0.25) is 0 Å². The molecule has 0 radical (unpaired) electrons. The number of aliphatic hydroxyl groups excluding tert-OH is 1. The van der Waals surface area contributed by atoms with Gasteiger partial charge in [-0.1, -0.05) is 70.1 Å². The van der Waals surface area contributed by atoms with Gasteiger partial charge in [0.1, 0.15) is 6.10 Å². The molecular weight excluding hydrogens is 476 g/mol. The summed E-state index contributed by atoms with van der Waals surface area (Å²) in [5.41, 5.74) is 4.23. The van der Waals surface area contributed by atoms with E-state index in [1.807, 2.05) is 6.92 Å². The highest BCUT2D eigenvalue weighted by atomic mass is 16.5. The van der Waals surface area contributed by atoms with Crippen LogP contribution in [0.4, 0.5) is 0 Å². The van der Waals surface area contributed by atoms with Crippen molar-refractivity contribution >= 4 is 11.9 Å². The van der Waals surface area contributed by atoms with Crippen molar-refractivity contribution in [2.45, 2.75) is 118 Å². The molecule has 0 saturated heterocycles. The molecule has 38 heavy (non-hydrogen) atoms. The predicted molar refractivity (Wildman–Crippen MR) is 150 cm³/mol. The summed E-state index contributed by atoms with van der Waals surface area (Å²) in [5, 5.41) is 21.9. The maximum atomic E-state index is 12.6. The molecule has 0 bridgehead atoms. The van der Waals surface area contributed by atoms with Crippen LogP contribution in [0.1, 0.15) is 106 Å². The van der Waals surface area contributed by atoms with Crippen molar-refractivity contribution in [2.75, 3.05) is 0 Å². The van der Waals surface area contributed by atoms with Crippen molar-refractivity contribution in [1.82, 2.24) is 0 Å². The number of aliphatic carboxylic acids is 1. The molecule has 0 unspecified atom stereocenters. The van der Waals surface area contributed by atoms with Crippen molar-refractivity contribution in [2.24, 2.45) is 39.4 Å². The number of esters is 1. The fourth-order valence-corrected chi connectivity index (χ4v) is 9.89. The smallest absolute Gasteiger partial charge is 0.306 e. The van der Waals surface area contributed by atoms with Gasteiger partial charge in [-0.25, -0.2) is 0 Å². The third kappa shape index (κ3) is 4.22. The molecule has 2 N–H and O–H groups in total. The number of carbonyl (C=O) groups excluding carboxylic acids is 1. The molecule has 0 aromatic rings. The minimum Gasteiger partial charge on any atom is -0.481 e. The summed E-state index contributed by atoms with van der Waals surface area (Å²) in [6.45, 7) is 23.0. The first-order chi connectivity index (χ1) is 17.5. The second-order valence-corrected chi connectivity index (χ2v) is 14.3. The average molecular weight is 527 g/mol. The molecule has 0 aromatic heterocycles. The van der Waals surface area contributed by atoms with E-state index >= 15 is 0 Å². The SMILES string of the molecule is C=C(C)C(=C)CC[C@@H](C(=O)O)[C@H]1[C@H](O)C[C@@]2(C)C3=C(CC[C@]12C)[C@@]1(C)CC[C@H](OC(C)=O)C(C)(C)[C@@H]1CC3. The normalized spacial score (nSPS) is 40.4. The molecular formula is C33H50O5. The Hall–Kier alpha value is -1.88. The Morgan fingerprint density at radius 3 is 2.26 bits per heavy atom. The lowest BCUT2D eigenvalue weighted by Crippen LogP contribution is -2.56. The van der Waals surface area contributed by atoms with Crippen molar-refractivity contribution in [3.63, 3.8) is 0 Å². The number of fused-ring (bicyclic) bond motifs is 4. The monoisotopic (exact) mass is 526 g/mol. The molecule has 4 aliphatic rings. The maximum Gasteiger partial charge on any atom is 0.306 e. The molecule has 2 saturated carbocycles. The Labute approximate surface area is 229 Å². The van der Waals surface area contributed by atoms with Crippen LogP contribution in [0.15, 0.2) is 35.5 Å². The summed E-state index contributed by atoms with van der Waals surface area (Å²) in [4.78, 5) is 24.5. The minimum atomic E-state index is -0.810. The molecule has 0 spiro atoms. The van der Waals surface area contributed by atoms with E-state index in [-0.39, 0.29) is 39.7 Å². The number of hydrogen-bond acceptors (Lipinski definition) is 4. The quantitative estimate of drug-likeness (QED) is 0.207. The highest BCUT2D eigenvalue weighted by Gasteiger charge is 2.66. The highest BCUT2D eigenvalue weighted by molar-refractivity contribution is 5.71. The van der Waals surface area contributed by atoms with Gasteiger partial charge in [-0.05, 0) is 86.9 Å². The highest BCUT2D eigenvalue weighted by Crippen LogP contribution is 2.72. The summed E-state index contributed by atoms with van der Waals surface area (Å²) in [7, 11) is 0. The van der Waals surface area contributed by atoms with Crippen LogP contribution >= 0.6 is 0 Å². The van der Waals surface area contributed by atoms with Crippen LogP contribution in [0.2, 0.25) is 0 Å². The summed E-state index contributed by atoms with van der Waals surface area (Å²) < 4.78 is 5.82. The standard InChI is InChI=1S/C33H50O5/c1-19(2)20(3)10-11-22(29(36)37)28-25(35)18-33(9)24-12-13-26-30(5,6)27(38-21(4)34)15-16-31(26,7)23(24)14-17-32(28,33)8/h22,25-28,35H,1,3,10-18H2,2,4-9H3,(H,36,37)/t22-,25-,26+,27+,28+,31-,32-,33+/m1/s1. The van der Waals surface area contributed by atoms with Crippen LogP contribution in [0, 0.1) is 39.4 Å². The van der Waals surface area contributed by atoms with Crippen LogP contribution in [0.5, 0.6) is 0 Å². The Morgan fingerprint density at radius 1 is 1.03 bits per heavy atom. The fourth-order valence-electron chi connectivity index (χ4n) is 9.89. The van der Waals surface area contributed by atoms with E-state index in [0.29, 0.717) is 25.2 Å². The molecule has 5 heteroatoms. The number of carbonyl (C=O) groups is 2. The first kappa shape index (κ1) is 29.1. The van der Waals surface area contributed by atoms with E-state index in [1.54, 1.807) is 5.57 Å². The third-order valence-electron chi connectivity index (χ3n) is 12.2. The fraction of sp³-hybridized carbons (Fsp3) is 0.758. The summed E-state index contributed by atoms with van der Waals surface area (Å²) in [6.07, 6.45) is 6.71. The van der Waals surface area contributed by atoms with E-state index in [9.17, 15) is 19.8 Å². The third-order valence-corrected chi connectivity index (χ3v) is 12.2. The first-order valence-electron chi connectivity index (χ1n) is 14.7. The minimum absolute atomic E-state index is 0.0343. The van der Waals surface area contributed by atoms with Gasteiger partial charge in [0.05, 0.1) is 12.0 Å².